The van der Waals surface area contributed by atoms with Gasteiger partial charge in [-0.3, -0.25) is 4.79 Å². The van der Waals surface area contributed by atoms with Gasteiger partial charge < -0.3 is 19.6 Å². The van der Waals surface area contributed by atoms with Crippen LogP contribution in [0.15, 0.2) is 70.7 Å². The minimum absolute atomic E-state index is 0.0973. The fourth-order valence-electron chi connectivity index (χ4n) is 2.77. The number of hydrogen-bond acceptors (Lipinski definition) is 5. The lowest BCUT2D eigenvalue weighted by Crippen LogP contribution is -2.23. The largest absolute Gasteiger partial charge is 0.497 e. The van der Waals surface area contributed by atoms with E-state index in [1.165, 1.54) is 12.1 Å². The third kappa shape index (κ3) is 4.75. The van der Waals surface area contributed by atoms with Crippen molar-refractivity contribution >= 4 is 18.0 Å². The smallest absolute Gasteiger partial charge is 0.336 e. The molecule has 0 aliphatic carbocycles. The summed E-state index contributed by atoms with van der Waals surface area (Å²) in [6.45, 7) is 0.247. The third-order valence-electron chi connectivity index (χ3n) is 4.31. The van der Waals surface area contributed by atoms with E-state index in [9.17, 15) is 20.0 Å². The summed E-state index contributed by atoms with van der Waals surface area (Å²) >= 11 is 0. The molecule has 7 nitrogen and oxygen atoms in total. The number of carboxylic acid groups (broad SMARTS) is 1. The summed E-state index contributed by atoms with van der Waals surface area (Å²) in [6.07, 6.45) is 1.32. The van der Waals surface area contributed by atoms with Crippen molar-refractivity contribution in [3.8, 4) is 23.1 Å². The summed E-state index contributed by atoms with van der Waals surface area (Å²) in [6, 6.07) is 18.6. The lowest BCUT2D eigenvalue weighted by molar-refractivity contribution is -0.117. The highest BCUT2D eigenvalue weighted by Gasteiger charge is 2.15. The Balaban J connectivity index is 1.74. The van der Waals surface area contributed by atoms with Gasteiger partial charge in [0.15, 0.2) is 0 Å². The molecular weight excluding hydrogens is 384 g/mol. The molecular formula is C23H18N2O5. The zero-order valence-corrected chi connectivity index (χ0v) is 16.1. The second-order valence-electron chi connectivity index (χ2n) is 6.25. The Bertz CT molecular complexity index is 1140. The molecule has 1 heterocycles. The SMILES string of the molecule is COc1ccc(CNC(=O)/C(C#N)=C\c2ccc(-c3ccccc3C(=O)O)o2)cc1. The molecule has 0 radical (unpaired) electrons. The van der Waals surface area contributed by atoms with Crippen LogP contribution in [0.25, 0.3) is 17.4 Å². The molecule has 3 aromatic rings. The quantitative estimate of drug-likeness (QED) is 0.458. The molecule has 0 aliphatic rings. The zero-order valence-electron chi connectivity index (χ0n) is 16.1. The van der Waals surface area contributed by atoms with Crippen molar-refractivity contribution in [3.05, 3.63) is 83.1 Å². The molecule has 3 rings (SSSR count). The van der Waals surface area contributed by atoms with Gasteiger partial charge in [0.2, 0.25) is 0 Å². The van der Waals surface area contributed by atoms with Gasteiger partial charge in [0.25, 0.3) is 5.91 Å². The van der Waals surface area contributed by atoms with Gasteiger partial charge in [-0.15, -0.1) is 0 Å². The van der Waals surface area contributed by atoms with Gasteiger partial charge in [-0.2, -0.15) is 5.26 Å². The van der Waals surface area contributed by atoms with Gasteiger partial charge in [0.05, 0.1) is 12.7 Å². The molecule has 0 fully saturated rings. The van der Waals surface area contributed by atoms with Crippen LogP contribution in [-0.2, 0) is 11.3 Å². The first kappa shape index (κ1) is 20.4. The lowest BCUT2D eigenvalue weighted by atomic mass is 10.1. The summed E-state index contributed by atoms with van der Waals surface area (Å²) in [5.74, 6) is -0.316. The molecule has 2 N–H and O–H groups in total. The van der Waals surface area contributed by atoms with Crippen LogP contribution in [0.1, 0.15) is 21.7 Å². The van der Waals surface area contributed by atoms with E-state index in [0.29, 0.717) is 17.1 Å². The molecule has 0 saturated heterocycles. The summed E-state index contributed by atoms with van der Waals surface area (Å²) in [7, 11) is 1.57. The Kier molecular flexibility index (Phi) is 6.30. The molecule has 1 amide bonds. The van der Waals surface area contributed by atoms with Crippen molar-refractivity contribution in [2.24, 2.45) is 0 Å². The van der Waals surface area contributed by atoms with Crippen molar-refractivity contribution in [2.45, 2.75) is 6.54 Å². The molecule has 1 aromatic heterocycles. The number of benzene rings is 2. The van der Waals surface area contributed by atoms with E-state index in [-0.39, 0.29) is 23.4 Å². The Morgan fingerprint density at radius 1 is 1.13 bits per heavy atom. The van der Waals surface area contributed by atoms with Crippen LogP contribution >= 0.6 is 0 Å². The summed E-state index contributed by atoms with van der Waals surface area (Å²) in [4.78, 5) is 23.7. The molecule has 0 unspecified atom stereocenters. The maximum Gasteiger partial charge on any atom is 0.336 e. The maximum absolute atomic E-state index is 12.3. The molecule has 0 saturated carbocycles. The predicted molar refractivity (Wildman–Crippen MR) is 110 cm³/mol. The van der Waals surface area contributed by atoms with Gasteiger partial charge in [-0.05, 0) is 35.9 Å². The maximum atomic E-state index is 12.3. The summed E-state index contributed by atoms with van der Waals surface area (Å²) in [5.41, 5.74) is 1.23. The van der Waals surface area contributed by atoms with Crippen LogP contribution in [0.4, 0.5) is 0 Å². The van der Waals surface area contributed by atoms with Crippen LogP contribution in [0.3, 0.4) is 0 Å². The first-order chi connectivity index (χ1) is 14.5. The van der Waals surface area contributed by atoms with Gasteiger partial charge in [-0.1, -0.05) is 30.3 Å². The third-order valence-corrected chi connectivity index (χ3v) is 4.31. The molecule has 0 spiro atoms. The average Bonchev–Trinajstić information content (AvgIpc) is 3.24. The fraction of sp³-hybridized carbons (Fsp3) is 0.0870. The number of carbonyl (C=O) groups excluding carboxylic acids is 1. The number of furan rings is 1. The van der Waals surface area contributed by atoms with E-state index in [0.717, 1.165) is 5.56 Å². The number of amides is 1. The summed E-state index contributed by atoms with van der Waals surface area (Å²) < 4.78 is 10.7. The number of nitriles is 1. The minimum atomic E-state index is -1.07. The molecule has 0 bridgehead atoms. The monoisotopic (exact) mass is 402 g/mol. The minimum Gasteiger partial charge on any atom is -0.497 e. The zero-order chi connectivity index (χ0) is 21.5. The van der Waals surface area contributed by atoms with E-state index < -0.39 is 11.9 Å². The van der Waals surface area contributed by atoms with Gasteiger partial charge in [-0.25, -0.2) is 4.79 Å². The standard InChI is InChI=1S/C23H18N2O5/c1-29-17-8-6-15(7-9-17)14-25-22(26)16(13-24)12-18-10-11-21(30-18)19-4-2-3-5-20(19)23(27)28/h2-12H,14H2,1H3,(H,25,26)(H,27,28)/b16-12-. The second-order valence-corrected chi connectivity index (χ2v) is 6.25. The number of methoxy groups -OCH3 is 1. The highest BCUT2D eigenvalue weighted by atomic mass is 16.5. The Morgan fingerprint density at radius 2 is 1.87 bits per heavy atom. The molecule has 150 valence electrons. The number of carbonyl (C=O) groups is 2. The number of carboxylic acids is 1. The second kappa shape index (κ2) is 9.26. The summed E-state index contributed by atoms with van der Waals surface area (Å²) in [5, 5.41) is 21.3. The molecule has 0 atom stereocenters. The first-order valence-corrected chi connectivity index (χ1v) is 8.97. The number of ether oxygens (including phenoxy) is 1. The van der Waals surface area contributed by atoms with E-state index >= 15 is 0 Å². The Labute approximate surface area is 172 Å². The van der Waals surface area contributed by atoms with Crippen molar-refractivity contribution in [1.82, 2.24) is 5.32 Å². The Morgan fingerprint density at radius 3 is 2.53 bits per heavy atom. The number of nitrogens with zero attached hydrogens (tertiary/aromatic N) is 1. The molecule has 0 aliphatic heterocycles. The van der Waals surface area contributed by atoms with E-state index in [1.54, 1.807) is 49.6 Å². The highest BCUT2D eigenvalue weighted by molar-refractivity contribution is 6.01. The van der Waals surface area contributed by atoms with Crippen LogP contribution in [-0.4, -0.2) is 24.1 Å². The lowest BCUT2D eigenvalue weighted by Gasteiger charge is -2.05. The number of rotatable bonds is 7. The van der Waals surface area contributed by atoms with E-state index in [1.807, 2.05) is 18.2 Å². The van der Waals surface area contributed by atoms with Gasteiger partial charge >= 0.3 is 5.97 Å². The predicted octanol–water partition coefficient (Wildman–Crippen LogP) is 3.88. The van der Waals surface area contributed by atoms with Gasteiger partial charge in [0, 0.05) is 18.2 Å². The normalized spacial score (nSPS) is 10.9. The van der Waals surface area contributed by atoms with E-state index in [4.69, 9.17) is 9.15 Å². The van der Waals surface area contributed by atoms with Crippen LogP contribution in [0.5, 0.6) is 5.75 Å². The highest BCUT2D eigenvalue weighted by Crippen LogP contribution is 2.26. The Hall–Kier alpha value is -4.31. The van der Waals surface area contributed by atoms with Crippen molar-refractivity contribution < 1.29 is 23.8 Å². The van der Waals surface area contributed by atoms with Crippen molar-refractivity contribution in [2.75, 3.05) is 7.11 Å². The van der Waals surface area contributed by atoms with Crippen LogP contribution in [0, 0.1) is 11.3 Å². The van der Waals surface area contributed by atoms with Gasteiger partial charge in [0.1, 0.15) is 28.9 Å². The van der Waals surface area contributed by atoms with E-state index in [2.05, 4.69) is 5.32 Å². The van der Waals surface area contributed by atoms with Crippen LogP contribution in [0.2, 0.25) is 0 Å². The topological polar surface area (TPSA) is 113 Å². The molecule has 7 heteroatoms. The number of hydrogen-bond donors (Lipinski definition) is 2. The van der Waals surface area contributed by atoms with Crippen LogP contribution < -0.4 is 10.1 Å². The number of nitrogens with one attached hydrogen (secondary N) is 1. The van der Waals surface area contributed by atoms with Crippen molar-refractivity contribution in [1.29, 1.82) is 5.26 Å². The average molecular weight is 402 g/mol. The fourth-order valence-corrected chi connectivity index (χ4v) is 2.77. The first-order valence-electron chi connectivity index (χ1n) is 8.97. The molecule has 30 heavy (non-hydrogen) atoms. The number of aromatic carboxylic acids is 1. The molecule has 2 aromatic carbocycles. The van der Waals surface area contributed by atoms with Crippen molar-refractivity contribution in [3.63, 3.8) is 0 Å².